The second-order valence-corrected chi connectivity index (χ2v) is 4.89. The molecule has 0 atom stereocenters. The lowest BCUT2D eigenvalue weighted by atomic mass is 10.4. The Kier molecular flexibility index (Phi) is 5.44. The molecule has 1 heterocycles. The highest BCUT2D eigenvalue weighted by Gasteiger charge is 2.09. The highest BCUT2D eigenvalue weighted by Crippen LogP contribution is 2.15. The van der Waals surface area contributed by atoms with E-state index >= 15 is 0 Å². The van der Waals surface area contributed by atoms with Crippen molar-refractivity contribution in [3.63, 3.8) is 0 Å². The van der Waals surface area contributed by atoms with Gasteiger partial charge in [-0.2, -0.15) is 0 Å². The van der Waals surface area contributed by atoms with Crippen molar-refractivity contribution in [2.24, 2.45) is 0 Å². The number of carbonyl (C=O) groups excluding carboxylic acids is 2. The van der Waals surface area contributed by atoms with Crippen molar-refractivity contribution in [2.45, 2.75) is 24.9 Å². The average Bonchev–Trinajstić information content (AvgIpc) is 2.27. The molecule has 7 heteroatoms. The number of nitrogens with one attached hydrogen (secondary N) is 2. The summed E-state index contributed by atoms with van der Waals surface area (Å²) in [6.45, 7) is 3.63. The summed E-state index contributed by atoms with van der Waals surface area (Å²) in [6, 6.07) is 2.94. The van der Waals surface area contributed by atoms with E-state index in [0.29, 0.717) is 10.7 Å². The number of urea groups is 1. The number of thioether (sulfide) groups is 1. The smallest absolute Gasteiger partial charge is 0.321 e. The van der Waals surface area contributed by atoms with Gasteiger partial charge in [0.15, 0.2) is 0 Å². The number of nitrogens with zero attached hydrogens (tertiary/aromatic N) is 1. The van der Waals surface area contributed by atoms with Gasteiger partial charge in [0.2, 0.25) is 5.91 Å². The van der Waals surface area contributed by atoms with Crippen molar-refractivity contribution < 1.29 is 9.59 Å². The summed E-state index contributed by atoms with van der Waals surface area (Å²) in [5.74, 6) is -0.237. The molecule has 0 aliphatic carbocycles. The Morgan fingerprint density at radius 2 is 2.17 bits per heavy atom. The fraction of sp³-hybridized carbons (Fsp3) is 0.364. The third-order valence-electron chi connectivity index (χ3n) is 1.78. The minimum atomic E-state index is -0.485. The summed E-state index contributed by atoms with van der Waals surface area (Å²) < 4.78 is 0. The SMILES string of the molecule is CC(C)NC(=O)NC(=O)CSc1ccc(N)cn1. The van der Waals surface area contributed by atoms with Crippen molar-refractivity contribution in [3.05, 3.63) is 18.3 Å². The van der Waals surface area contributed by atoms with E-state index in [1.807, 2.05) is 13.8 Å². The quantitative estimate of drug-likeness (QED) is 0.707. The molecule has 0 fully saturated rings. The fourth-order valence-electron chi connectivity index (χ4n) is 1.08. The number of aromatic nitrogens is 1. The van der Waals surface area contributed by atoms with Crippen LogP contribution in [-0.4, -0.2) is 28.7 Å². The molecule has 0 aliphatic heterocycles. The predicted molar refractivity (Wildman–Crippen MR) is 71.2 cm³/mol. The predicted octanol–water partition coefficient (Wildman–Crippen LogP) is 0.990. The minimum Gasteiger partial charge on any atom is -0.397 e. The van der Waals surface area contributed by atoms with Crippen molar-refractivity contribution in [3.8, 4) is 0 Å². The van der Waals surface area contributed by atoms with E-state index in [-0.39, 0.29) is 17.7 Å². The first-order chi connectivity index (χ1) is 8.47. The van der Waals surface area contributed by atoms with Crippen LogP contribution >= 0.6 is 11.8 Å². The molecule has 98 valence electrons. The van der Waals surface area contributed by atoms with Crippen LogP contribution in [0.1, 0.15) is 13.8 Å². The zero-order valence-electron chi connectivity index (χ0n) is 10.3. The molecule has 18 heavy (non-hydrogen) atoms. The van der Waals surface area contributed by atoms with E-state index in [1.54, 1.807) is 12.1 Å². The standard InChI is InChI=1S/C11H16N4O2S/c1-7(2)14-11(17)15-9(16)6-18-10-4-3-8(12)5-13-10/h3-5,7H,6,12H2,1-2H3,(H2,14,15,16,17). The number of nitrogen functional groups attached to an aromatic ring is 1. The molecule has 0 bridgehead atoms. The van der Waals surface area contributed by atoms with E-state index in [9.17, 15) is 9.59 Å². The Labute approximate surface area is 110 Å². The van der Waals surface area contributed by atoms with Crippen molar-refractivity contribution in [2.75, 3.05) is 11.5 Å². The summed E-state index contributed by atoms with van der Waals surface area (Å²) in [7, 11) is 0. The Morgan fingerprint density at radius 1 is 1.44 bits per heavy atom. The normalized spacial score (nSPS) is 10.2. The van der Waals surface area contributed by atoms with Gasteiger partial charge in [0.05, 0.1) is 22.7 Å². The van der Waals surface area contributed by atoms with Gasteiger partial charge >= 0.3 is 6.03 Å². The third kappa shape index (κ3) is 5.53. The van der Waals surface area contributed by atoms with Crippen LogP contribution in [0, 0.1) is 0 Å². The molecule has 0 saturated heterocycles. The summed E-state index contributed by atoms with van der Waals surface area (Å²) in [4.78, 5) is 26.7. The first-order valence-electron chi connectivity index (χ1n) is 5.42. The molecule has 0 spiro atoms. The Morgan fingerprint density at radius 3 is 2.72 bits per heavy atom. The summed E-state index contributed by atoms with van der Waals surface area (Å²) >= 11 is 1.24. The fourth-order valence-corrected chi connectivity index (χ4v) is 1.72. The van der Waals surface area contributed by atoms with Gasteiger partial charge in [-0.3, -0.25) is 10.1 Å². The molecule has 0 aliphatic rings. The number of anilines is 1. The van der Waals surface area contributed by atoms with E-state index in [0.717, 1.165) is 0 Å². The topological polar surface area (TPSA) is 97.1 Å². The molecule has 0 aromatic carbocycles. The molecule has 1 aromatic rings. The molecule has 0 radical (unpaired) electrons. The highest BCUT2D eigenvalue weighted by molar-refractivity contribution is 7.99. The number of nitrogens with two attached hydrogens (primary N) is 1. The Hall–Kier alpha value is -1.76. The van der Waals surface area contributed by atoms with Crippen LogP contribution in [0.4, 0.5) is 10.5 Å². The Balaban J connectivity index is 2.33. The number of imide groups is 1. The molecule has 0 unspecified atom stereocenters. The van der Waals surface area contributed by atoms with E-state index in [2.05, 4.69) is 15.6 Å². The number of carbonyl (C=O) groups is 2. The first-order valence-corrected chi connectivity index (χ1v) is 6.40. The maximum Gasteiger partial charge on any atom is 0.321 e. The molecule has 6 nitrogen and oxygen atoms in total. The average molecular weight is 268 g/mol. The zero-order valence-corrected chi connectivity index (χ0v) is 11.1. The number of amides is 3. The molecular formula is C11H16N4O2S. The van der Waals surface area contributed by atoms with E-state index in [4.69, 9.17) is 5.73 Å². The molecule has 3 amide bonds. The maximum absolute atomic E-state index is 11.4. The molecular weight excluding hydrogens is 252 g/mol. The Bertz CT molecular complexity index is 420. The second kappa shape index (κ2) is 6.85. The summed E-state index contributed by atoms with van der Waals surface area (Å²) in [5.41, 5.74) is 6.06. The van der Waals surface area contributed by atoms with Gasteiger partial charge in [-0.05, 0) is 26.0 Å². The van der Waals surface area contributed by atoms with E-state index < -0.39 is 6.03 Å². The summed E-state index contributed by atoms with van der Waals surface area (Å²) in [5, 5.41) is 5.48. The van der Waals surface area contributed by atoms with Gasteiger partial charge in [0.25, 0.3) is 0 Å². The van der Waals surface area contributed by atoms with Gasteiger partial charge in [0.1, 0.15) is 0 Å². The lowest BCUT2D eigenvalue weighted by Crippen LogP contribution is -2.43. The summed E-state index contributed by atoms with van der Waals surface area (Å²) in [6.07, 6.45) is 1.52. The number of rotatable bonds is 4. The first kappa shape index (κ1) is 14.3. The van der Waals surface area contributed by atoms with Crippen LogP contribution in [0.5, 0.6) is 0 Å². The molecule has 4 N–H and O–H groups in total. The van der Waals surface area contributed by atoms with Gasteiger partial charge in [-0.25, -0.2) is 9.78 Å². The van der Waals surface area contributed by atoms with Crippen molar-refractivity contribution in [1.29, 1.82) is 0 Å². The highest BCUT2D eigenvalue weighted by atomic mass is 32.2. The largest absolute Gasteiger partial charge is 0.397 e. The van der Waals surface area contributed by atoms with Crippen LogP contribution < -0.4 is 16.4 Å². The second-order valence-electron chi connectivity index (χ2n) is 3.89. The minimum absolute atomic E-state index is 0.00998. The van der Waals surface area contributed by atoms with Crippen LogP contribution in [0.3, 0.4) is 0 Å². The van der Waals surface area contributed by atoms with Crippen LogP contribution in [-0.2, 0) is 4.79 Å². The number of hydrogen-bond acceptors (Lipinski definition) is 5. The van der Waals surface area contributed by atoms with Crippen molar-refractivity contribution in [1.82, 2.24) is 15.6 Å². The van der Waals surface area contributed by atoms with Crippen LogP contribution in [0.15, 0.2) is 23.4 Å². The zero-order chi connectivity index (χ0) is 13.5. The molecule has 1 aromatic heterocycles. The van der Waals surface area contributed by atoms with Crippen LogP contribution in [0.2, 0.25) is 0 Å². The van der Waals surface area contributed by atoms with Gasteiger partial charge in [-0.15, -0.1) is 0 Å². The van der Waals surface area contributed by atoms with E-state index in [1.165, 1.54) is 18.0 Å². The number of hydrogen-bond donors (Lipinski definition) is 3. The third-order valence-corrected chi connectivity index (χ3v) is 2.73. The lowest BCUT2D eigenvalue weighted by Gasteiger charge is -2.08. The monoisotopic (exact) mass is 268 g/mol. The lowest BCUT2D eigenvalue weighted by molar-refractivity contribution is -0.117. The van der Waals surface area contributed by atoms with Crippen LogP contribution in [0.25, 0.3) is 0 Å². The molecule has 1 rings (SSSR count). The molecule has 0 saturated carbocycles. The maximum atomic E-state index is 11.4. The van der Waals surface area contributed by atoms with Crippen molar-refractivity contribution >= 4 is 29.4 Å². The van der Waals surface area contributed by atoms with Gasteiger partial charge in [-0.1, -0.05) is 11.8 Å². The van der Waals surface area contributed by atoms with Gasteiger partial charge < -0.3 is 11.1 Å². The number of pyridine rings is 1. The van der Waals surface area contributed by atoms with Gasteiger partial charge in [0, 0.05) is 6.04 Å².